The van der Waals surface area contributed by atoms with Crippen molar-refractivity contribution < 1.29 is 58.8 Å². The number of hydrogen-bond donors (Lipinski definition) is 4. The van der Waals surface area contributed by atoms with Gasteiger partial charge in [-0.1, -0.05) is 0 Å². The summed E-state index contributed by atoms with van der Waals surface area (Å²) >= 11 is 0. The summed E-state index contributed by atoms with van der Waals surface area (Å²) in [4.78, 5) is 29.3. The summed E-state index contributed by atoms with van der Waals surface area (Å²) in [6.45, 7) is 0. The Bertz CT molecular complexity index is 27.2. The normalized spacial score (nSPS) is 8.57. The summed E-state index contributed by atoms with van der Waals surface area (Å²) in [6, 6.07) is 0. The summed E-state index contributed by atoms with van der Waals surface area (Å²) in [6.07, 6.45) is 0. The van der Waals surface area contributed by atoms with Gasteiger partial charge in [0.2, 0.25) is 0 Å². The Labute approximate surface area is 67.8 Å². The topological polar surface area (TPSA) is 80.9 Å². The first-order chi connectivity index (χ1) is 2.00. The fourth-order valence-electron chi connectivity index (χ4n) is 0. The molecule has 4 N–H and O–H groups in total. The van der Waals surface area contributed by atoms with Gasteiger partial charge in [0.05, 0.1) is 0 Å². The fraction of sp³-hybridized carbons (Fsp3) is 0. The predicted molar refractivity (Wildman–Crippen MR) is 14.6 cm³/mol. The van der Waals surface area contributed by atoms with Gasteiger partial charge in [-0.05, 0) is 0 Å². The van der Waals surface area contributed by atoms with E-state index in [4.69, 9.17) is 19.2 Å². The first kappa shape index (κ1) is 15.8. The van der Waals surface area contributed by atoms with Gasteiger partial charge >= 0.3 is 9.05 Å². The summed E-state index contributed by atoms with van der Waals surface area (Å²) < 4.78 is 0. The van der Waals surface area contributed by atoms with Crippen LogP contribution >= 0.6 is 0 Å². The van der Waals surface area contributed by atoms with Crippen LogP contribution in [-0.2, 0) is 39.6 Å². The van der Waals surface area contributed by atoms with Gasteiger partial charge in [-0.3, -0.25) is 0 Å². The van der Waals surface area contributed by atoms with Crippen molar-refractivity contribution in [2.75, 3.05) is 0 Å². The molecule has 0 heterocycles. The molecule has 0 aromatic carbocycles. The van der Waals surface area contributed by atoms with Crippen LogP contribution in [-0.4, -0.2) is 28.2 Å². The molecule has 0 aliphatic rings. The predicted octanol–water partition coefficient (Wildman–Crippen LogP) is -2.61. The van der Waals surface area contributed by atoms with Crippen LogP contribution in [0.5, 0.6) is 0 Å². The van der Waals surface area contributed by atoms with Crippen LogP contribution in [0.3, 0.4) is 0 Å². The van der Waals surface area contributed by atoms with E-state index in [1.54, 1.807) is 0 Å². The maximum Gasteiger partial charge on any atom is 0.668 e. The fourth-order valence-corrected chi connectivity index (χ4v) is 0. The molecule has 0 fully saturated rings. The molecule has 0 aromatic rings. The largest absolute Gasteiger partial charge is 0.668 e. The Morgan fingerprint density at radius 3 is 0.857 bits per heavy atom. The second-order valence-corrected chi connectivity index (χ2v) is 1.80. The number of rotatable bonds is 0. The van der Waals surface area contributed by atoms with E-state index >= 15 is 0 Å². The third-order valence-electron chi connectivity index (χ3n) is 0. The second-order valence-electron chi connectivity index (χ2n) is 0.600. The Kier molecular flexibility index (Phi) is 12.3. The van der Waals surface area contributed by atoms with Crippen molar-refractivity contribution in [1.29, 1.82) is 0 Å². The summed E-state index contributed by atoms with van der Waals surface area (Å²) in [5.41, 5.74) is 0. The van der Waals surface area contributed by atoms with E-state index in [1.165, 1.54) is 0 Å². The van der Waals surface area contributed by atoms with Crippen molar-refractivity contribution in [2.24, 2.45) is 0 Å². The van der Waals surface area contributed by atoms with E-state index in [0.717, 1.165) is 0 Å². The molecular weight excluding hydrogens is 239 g/mol. The second kappa shape index (κ2) is 5.47. The first-order valence-electron chi connectivity index (χ1n) is 0.894. The first-order valence-corrected chi connectivity index (χ1v) is 2.68. The van der Waals surface area contributed by atoms with E-state index in [1.807, 2.05) is 0 Å². The molecule has 0 aliphatic carbocycles. The Hall–Kier alpha value is 1.33. The quantitative estimate of drug-likeness (QED) is 0.351. The summed E-state index contributed by atoms with van der Waals surface area (Å²) in [7, 11) is -4.61. The molecule has 0 rings (SSSR count). The molecule has 0 unspecified atom stereocenters. The minimum Gasteiger partial charge on any atom is -0.368 e. The maximum absolute atomic E-state index is 7.33. The monoisotopic (exact) mass is 245 g/mol. The van der Waals surface area contributed by atoms with Gasteiger partial charge in [-0.15, -0.1) is 0 Å². The van der Waals surface area contributed by atoms with Gasteiger partial charge < -0.3 is 19.2 Å². The SMILES string of the molecule is O[Si](O)(O)O.[Mo].[V]. The van der Waals surface area contributed by atoms with Crippen LogP contribution in [0.1, 0.15) is 0 Å². The van der Waals surface area contributed by atoms with Gasteiger partial charge in [0.1, 0.15) is 0 Å². The molecule has 0 saturated carbocycles. The Balaban J connectivity index is -0.0000000800. The molecular formula is H4MoO4SiV. The van der Waals surface area contributed by atoms with Crippen molar-refractivity contribution in [3.8, 4) is 0 Å². The van der Waals surface area contributed by atoms with Gasteiger partial charge in [-0.25, -0.2) is 0 Å². The van der Waals surface area contributed by atoms with Gasteiger partial charge in [0, 0.05) is 39.6 Å². The van der Waals surface area contributed by atoms with E-state index in [2.05, 4.69) is 0 Å². The van der Waals surface area contributed by atoms with E-state index in [0.29, 0.717) is 0 Å². The average Bonchev–Trinajstić information content (AvgIpc) is 0.722. The third kappa shape index (κ3) is 118. The molecule has 0 saturated heterocycles. The van der Waals surface area contributed by atoms with Gasteiger partial charge in [0.15, 0.2) is 0 Å². The standard InChI is InChI=1S/Mo.H4O4Si.V/c;1-5(2,3)4;/h;1-4H;. The zero-order chi connectivity index (χ0) is 4.50. The molecule has 1 radical (unpaired) electrons. The average molecular weight is 243 g/mol. The van der Waals surface area contributed by atoms with Crippen molar-refractivity contribution in [3.05, 3.63) is 0 Å². The molecule has 0 spiro atoms. The third-order valence-corrected chi connectivity index (χ3v) is 0. The molecule has 4 nitrogen and oxygen atoms in total. The summed E-state index contributed by atoms with van der Waals surface area (Å²) in [5.74, 6) is 0. The molecule has 0 aromatic heterocycles. The molecule has 7 heavy (non-hydrogen) atoms. The van der Waals surface area contributed by atoms with Crippen LogP contribution in [0.4, 0.5) is 0 Å². The minimum absolute atomic E-state index is 0. The number of hydrogen-bond acceptors (Lipinski definition) is 4. The maximum atomic E-state index is 7.33. The van der Waals surface area contributed by atoms with Crippen molar-refractivity contribution >= 4 is 9.05 Å². The molecule has 43 valence electrons. The van der Waals surface area contributed by atoms with Gasteiger partial charge in [-0.2, -0.15) is 0 Å². The zero-order valence-electron chi connectivity index (χ0n) is 3.14. The minimum atomic E-state index is -4.61. The van der Waals surface area contributed by atoms with Crippen LogP contribution in [0, 0.1) is 0 Å². The molecule has 0 atom stereocenters. The van der Waals surface area contributed by atoms with E-state index in [9.17, 15) is 0 Å². The van der Waals surface area contributed by atoms with Crippen LogP contribution in [0.25, 0.3) is 0 Å². The molecule has 0 amide bonds. The molecule has 0 bridgehead atoms. The van der Waals surface area contributed by atoms with Crippen molar-refractivity contribution in [2.45, 2.75) is 0 Å². The van der Waals surface area contributed by atoms with Gasteiger partial charge in [0.25, 0.3) is 0 Å². The van der Waals surface area contributed by atoms with Crippen molar-refractivity contribution in [3.63, 3.8) is 0 Å². The van der Waals surface area contributed by atoms with Crippen molar-refractivity contribution in [1.82, 2.24) is 0 Å². The van der Waals surface area contributed by atoms with E-state index in [-0.39, 0.29) is 39.6 Å². The van der Waals surface area contributed by atoms with E-state index < -0.39 is 9.05 Å². The molecule has 7 heteroatoms. The summed E-state index contributed by atoms with van der Waals surface area (Å²) in [5, 5.41) is 0. The van der Waals surface area contributed by atoms with Crippen LogP contribution in [0.2, 0.25) is 0 Å². The van der Waals surface area contributed by atoms with Crippen LogP contribution < -0.4 is 0 Å². The molecule has 0 aliphatic heterocycles. The Morgan fingerprint density at radius 1 is 0.857 bits per heavy atom. The van der Waals surface area contributed by atoms with Crippen LogP contribution in [0.15, 0.2) is 0 Å². The zero-order valence-corrected chi connectivity index (χ0v) is 7.55. The Morgan fingerprint density at radius 2 is 0.857 bits per heavy atom. The smallest absolute Gasteiger partial charge is 0.368 e.